The van der Waals surface area contributed by atoms with Crippen molar-refractivity contribution in [1.29, 1.82) is 0 Å². The van der Waals surface area contributed by atoms with Crippen LogP contribution in [0.4, 0.5) is 0 Å². The summed E-state index contributed by atoms with van der Waals surface area (Å²) < 4.78 is 0. The number of rotatable bonds is 33. The second kappa shape index (κ2) is 34.8. The van der Waals surface area contributed by atoms with E-state index >= 15 is 0 Å². The molecule has 0 bridgehead atoms. The van der Waals surface area contributed by atoms with Gasteiger partial charge < -0.3 is 31.9 Å². The summed E-state index contributed by atoms with van der Waals surface area (Å²) in [6, 6.07) is 0. The molecule has 0 amide bonds. The Morgan fingerprint density at radius 1 is 0.222 bits per heavy atom. The van der Waals surface area contributed by atoms with Crippen LogP contribution in [-0.4, -0.2) is 78.5 Å². The molecule has 0 aliphatic carbocycles. The van der Waals surface area contributed by atoms with Crippen molar-refractivity contribution in [2.24, 2.45) is 0 Å². The van der Waals surface area contributed by atoms with Crippen LogP contribution in [0.2, 0.25) is 0 Å². The van der Waals surface area contributed by atoms with Crippen molar-refractivity contribution in [3.8, 4) is 0 Å². The molecule has 0 unspecified atom stereocenters. The van der Waals surface area contributed by atoms with Gasteiger partial charge in [0.1, 0.15) is 0 Å². The molecule has 0 rings (SSSR count). The summed E-state index contributed by atoms with van der Waals surface area (Å²) in [6.45, 7) is 17.5. The molecule has 0 aromatic rings. The van der Waals surface area contributed by atoms with E-state index in [2.05, 4.69) is 45.7 Å². The van der Waals surface area contributed by atoms with Gasteiger partial charge in [-0.2, -0.15) is 0 Å². The van der Waals surface area contributed by atoms with Crippen LogP contribution in [-0.2, 0) is 0 Å². The predicted octanol–water partition coefficient (Wildman–Crippen LogP) is 4.81. The van der Waals surface area contributed by atoms with Crippen molar-refractivity contribution in [2.45, 2.75) is 117 Å². The Morgan fingerprint density at radius 2 is 0.417 bits per heavy atom. The monoisotopic (exact) mass is 513 g/mol. The van der Waals surface area contributed by atoms with E-state index in [1.165, 1.54) is 116 Å². The molecule has 0 aromatic heterocycles. The predicted molar refractivity (Wildman–Crippen MR) is 162 cm³/mol. The average Bonchev–Trinajstić information content (AvgIpc) is 2.89. The van der Waals surface area contributed by atoms with Gasteiger partial charge in [-0.25, -0.2) is 0 Å². The van der Waals surface area contributed by atoms with Gasteiger partial charge in [0.2, 0.25) is 0 Å². The van der Waals surface area contributed by atoms with Gasteiger partial charge in [-0.1, -0.05) is 104 Å². The molecule has 0 aromatic carbocycles. The maximum absolute atomic E-state index is 3.56. The summed E-state index contributed by atoms with van der Waals surface area (Å²) in [7, 11) is 0. The smallest absolute Gasteiger partial charge is 0.00772 e. The maximum atomic E-state index is 3.56. The van der Waals surface area contributed by atoms with Crippen LogP contribution in [0.5, 0.6) is 0 Å². The molecule has 0 saturated carbocycles. The second-order valence-corrected chi connectivity index (χ2v) is 10.4. The molecule has 0 fully saturated rings. The van der Waals surface area contributed by atoms with Gasteiger partial charge in [0.05, 0.1) is 0 Å². The van der Waals surface area contributed by atoms with Gasteiger partial charge in [0.25, 0.3) is 0 Å². The third kappa shape index (κ3) is 33.8. The second-order valence-electron chi connectivity index (χ2n) is 10.4. The fourth-order valence-corrected chi connectivity index (χ4v) is 4.40. The van der Waals surface area contributed by atoms with Crippen molar-refractivity contribution in [3.63, 3.8) is 0 Å². The molecule has 6 nitrogen and oxygen atoms in total. The summed E-state index contributed by atoms with van der Waals surface area (Å²) in [5.74, 6) is 0. The highest BCUT2D eigenvalue weighted by Crippen LogP contribution is 2.08. The third-order valence-corrected chi connectivity index (χ3v) is 6.81. The minimum absolute atomic E-state index is 1.04. The average molecular weight is 513 g/mol. The van der Waals surface area contributed by atoms with E-state index in [-0.39, 0.29) is 0 Å². The van der Waals surface area contributed by atoms with Crippen LogP contribution < -0.4 is 31.9 Å². The molecule has 6 N–H and O–H groups in total. The van der Waals surface area contributed by atoms with Gasteiger partial charge in [-0.05, 0) is 25.9 Å². The first-order valence-corrected chi connectivity index (χ1v) is 16.2. The van der Waals surface area contributed by atoms with Gasteiger partial charge in [-0.15, -0.1) is 0 Å². The van der Waals surface area contributed by atoms with Crippen LogP contribution >= 0.6 is 0 Å². The van der Waals surface area contributed by atoms with Crippen LogP contribution in [0.1, 0.15) is 117 Å². The van der Waals surface area contributed by atoms with Crippen LogP contribution in [0.15, 0.2) is 0 Å². The lowest BCUT2D eigenvalue weighted by Crippen LogP contribution is -2.37. The molecule has 0 spiro atoms. The summed E-state index contributed by atoms with van der Waals surface area (Å²) in [5, 5.41) is 21.2. The standard InChI is InChI=1S/C30H68N6/c1-3-5-7-9-11-13-15-17-19-31-21-23-33-25-27-35-29-30-36-28-26-34-24-22-32-20-18-16-14-12-10-8-6-4-2/h31-36H,3-30H2,1-2H3. The zero-order valence-electron chi connectivity index (χ0n) is 24.8. The maximum Gasteiger partial charge on any atom is 0.00772 e. The Morgan fingerprint density at radius 3 is 0.667 bits per heavy atom. The van der Waals surface area contributed by atoms with E-state index in [0.29, 0.717) is 0 Å². The molecule has 36 heavy (non-hydrogen) atoms. The van der Waals surface area contributed by atoms with E-state index in [9.17, 15) is 0 Å². The quantitative estimate of drug-likeness (QED) is 0.0710. The number of hydrogen-bond donors (Lipinski definition) is 6. The van der Waals surface area contributed by atoms with Gasteiger partial charge in [-0.3, -0.25) is 0 Å². The van der Waals surface area contributed by atoms with Gasteiger partial charge in [0.15, 0.2) is 0 Å². The molecular weight excluding hydrogens is 444 g/mol. The molecule has 0 radical (unpaired) electrons. The number of unbranched alkanes of at least 4 members (excludes halogenated alkanes) is 14. The van der Waals surface area contributed by atoms with Crippen LogP contribution in [0.3, 0.4) is 0 Å². The van der Waals surface area contributed by atoms with E-state index in [1.54, 1.807) is 0 Å². The first-order chi connectivity index (χ1) is 17.9. The summed E-state index contributed by atoms with van der Waals surface area (Å²) in [4.78, 5) is 0. The SMILES string of the molecule is CCCCCCCCCCNCCNCCNCCNCCNCCNCCCCCCCCCC. The number of hydrogen-bond acceptors (Lipinski definition) is 6. The Labute approximate surface area is 227 Å². The lowest BCUT2D eigenvalue weighted by atomic mass is 10.1. The lowest BCUT2D eigenvalue weighted by molar-refractivity contribution is 0.533. The van der Waals surface area contributed by atoms with Crippen molar-refractivity contribution in [3.05, 3.63) is 0 Å². The lowest BCUT2D eigenvalue weighted by Gasteiger charge is -2.09. The Hall–Kier alpha value is -0.240. The van der Waals surface area contributed by atoms with Gasteiger partial charge >= 0.3 is 0 Å². The fraction of sp³-hybridized carbons (Fsp3) is 1.00. The number of nitrogens with one attached hydrogen (secondary N) is 6. The Kier molecular flexibility index (Phi) is 34.5. The normalized spacial score (nSPS) is 11.5. The molecule has 0 atom stereocenters. The molecule has 0 aliphatic rings. The topological polar surface area (TPSA) is 72.2 Å². The zero-order valence-corrected chi connectivity index (χ0v) is 24.8. The van der Waals surface area contributed by atoms with E-state index < -0.39 is 0 Å². The largest absolute Gasteiger partial charge is 0.315 e. The zero-order chi connectivity index (χ0) is 26.0. The molecule has 0 heterocycles. The van der Waals surface area contributed by atoms with Crippen molar-refractivity contribution < 1.29 is 0 Å². The van der Waals surface area contributed by atoms with E-state index in [0.717, 1.165) is 65.4 Å². The fourth-order valence-electron chi connectivity index (χ4n) is 4.40. The minimum atomic E-state index is 1.04. The Balaban J connectivity index is 3.00. The molecule has 0 aliphatic heterocycles. The van der Waals surface area contributed by atoms with E-state index in [4.69, 9.17) is 0 Å². The third-order valence-electron chi connectivity index (χ3n) is 6.81. The van der Waals surface area contributed by atoms with Crippen LogP contribution in [0.25, 0.3) is 0 Å². The summed E-state index contributed by atoms with van der Waals surface area (Å²) in [5.41, 5.74) is 0. The van der Waals surface area contributed by atoms with Crippen LogP contribution in [0, 0.1) is 0 Å². The highest BCUT2D eigenvalue weighted by atomic mass is 15.0. The highest BCUT2D eigenvalue weighted by molar-refractivity contribution is 4.59. The first-order valence-electron chi connectivity index (χ1n) is 16.2. The Bertz CT molecular complexity index is 335. The molecule has 6 heteroatoms. The van der Waals surface area contributed by atoms with Crippen molar-refractivity contribution in [2.75, 3.05) is 78.5 Å². The van der Waals surface area contributed by atoms with Crippen molar-refractivity contribution in [1.82, 2.24) is 31.9 Å². The van der Waals surface area contributed by atoms with Crippen molar-refractivity contribution >= 4 is 0 Å². The molecular formula is C30H68N6. The highest BCUT2D eigenvalue weighted by Gasteiger charge is 1.94. The molecule has 218 valence electrons. The summed E-state index contributed by atoms with van der Waals surface area (Å²) in [6.07, 6.45) is 22.4. The van der Waals surface area contributed by atoms with E-state index in [1.807, 2.05) is 0 Å². The molecule has 0 saturated heterocycles. The summed E-state index contributed by atoms with van der Waals surface area (Å²) >= 11 is 0. The first kappa shape index (κ1) is 35.8. The minimum Gasteiger partial charge on any atom is -0.315 e. The van der Waals surface area contributed by atoms with Gasteiger partial charge in [0, 0.05) is 65.4 Å².